The topological polar surface area (TPSA) is 128 Å². The maximum Gasteiger partial charge on any atom is 0.408 e. The third-order valence-corrected chi connectivity index (χ3v) is 5.66. The van der Waals surface area contributed by atoms with Gasteiger partial charge in [0.1, 0.15) is 23.4 Å². The largest absolute Gasteiger partial charge is 0.507 e. The van der Waals surface area contributed by atoms with E-state index < -0.39 is 48.2 Å². The first-order valence-electron chi connectivity index (χ1n) is 12.4. The van der Waals surface area contributed by atoms with E-state index in [1.807, 2.05) is 6.92 Å². The molecular weight excluding hydrogens is 450 g/mol. The Kier molecular flexibility index (Phi) is 12.0. The molecule has 0 fully saturated rings. The quantitative estimate of drug-likeness (QED) is 0.330. The molecule has 0 aliphatic carbocycles. The number of unbranched alkanes of at least 4 members (excludes halogenated alkanes) is 2. The lowest BCUT2D eigenvalue weighted by atomic mass is 9.97. The van der Waals surface area contributed by atoms with E-state index in [9.17, 15) is 24.6 Å². The van der Waals surface area contributed by atoms with Crippen LogP contribution in [0.5, 0.6) is 5.75 Å². The van der Waals surface area contributed by atoms with Gasteiger partial charge in [0.05, 0.1) is 6.61 Å². The van der Waals surface area contributed by atoms with E-state index >= 15 is 0 Å². The minimum Gasteiger partial charge on any atom is -0.507 e. The number of aliphatic hydroxyl groups excluding tert-OH is 1. The van der Waals surface area contributed by atoms with Crippen LogP contribution in [0.15, 0.2) is 18.2 Å². The van der Waals surface area contributed by atoms with Crippen molar-refractivity contribution in [2.45, 2.75) is 97.9 Å². The molecule has 0 bridgehead atoms. The summed E-state index contributed by atoms with van der Waals surface area (Å²) in [5, 5.41) is 26.1. The van der Waals surface area contributed by atoms with Crippen molar-refractivity contribution in [3.63, 3.8) is 0 Å². The number of para-hydroxylation sites is 1. The number of aliphatic hydroxyl groups is 1. The Balaban J connectivity index is 3.44. The van der Waals surface area contributed by atoms with Gasteiger partial charge in [0.2, 0.25) is 11.8 Å². The number of ether oxygens (including phenoxy) is 1. The van der Waals surface area contributed by atoms with Gasteiger partial charge in [-0.05, 0) is 53.0 Å². The monoisotopic (exact) mass is 493 g/mol. The molecule has 3 amide bonds. The number of nitrogens with one attached hydrogen (secondary N) is 2. The number of phenolic OH excluding ortho intramolecular Hbond substituents is 1. The number of benzene rings is 1. The van der Waals surface area contributed by atoms with Gasteiger partial charge >= 0.3 is 6.09 Å². The first kappa shape index (κ1) is 30.2. The molecule has 0 aliphatic rings. The summed E-state index contributed by atoms with van der Waals surface area (Å²) < 4.78 is 5.24. The van der Waals surface area contributed by atoms with Crippen LogP contribution in [0, 0.1) is 6.92 Å². The minimum atomic E-state index is -1.33. The Bertz CT molecular complexity index is 852. The number of aryl methyl sites for hydroxylation is 1. The highest BCUT2D eigenvalue weighted by Crippen LogP contribution is 2.33. The predicted octanol–water partition coefficient (Wildman–Crippen LogP) is 3.56. The Morgan fingerprint density at radius 3 is 2.34 bits per heavy atom. The average Bonchev–Trinajstić information content (AvgIpc) is 2.78. The predicted molar refractivity (Wildman–Crippen MR) is 135 cm³/mol. The van der Waals surface area contributed by atoms with Crippen molar-refractivity contribution in [1.29, 1.82) is 0 Å². The van der Waals surface area contributed by atoms with Crippen molar-refractivity contribution < 1.29 is 29.3 Å². The van der Waals surface area contributed by atoms with Gasteiger partial charge in [0.15, 0.2) is 0 Å². The van der Waals surface area contributed by atoms with Crippen molar-refractivity contribution >= 4 is 17.9 Å². The molecule has 0 saturated carbocycles. The smallest absolute Gasteiger partial charge is 0.408 e. The van der Waals surface area contributed by atoms with Gasteiger partial charge in [-0.25, -0.2) is 4.79 Å². The molecule has 0 heterocycles. The molecule has 0 aromatic heterocycles. The molecule has 9 heteroatoms. The van der Waals surface area contributed by atoms with Crippen LogP contribution in [0.25, 0.3) is 0 Å². The number of carbonyl (C=O) groups excluding carboxylic acids is 3. The maximum absolute atomic E-state index is 13.7. The third-order valence-electron chi connectivity index (χ3n) is 5.66. The van der Waals surface area contributed by atoms with Crippen molar-refractivity contribution in [2.24, 2.45) is 0 Å². The van der Waals surface area contributed by atoms with Crippen molar-refractivity contribution in [3.8, 4) is 5.75 Å². The Labute approximate surface area is 209 Å². The van der Waals surface area contributed by atoms with Crippen LogP contribution in [-0.4, -0.2) is 63.9 Å². The summed E-state index contributed by atoms with van der Waals surface area (Å²) in [7, 11) is 0. The van der Waals surface area contributed by atoms with E-state index in [0.29, 0.717) is 18.5 Å². The van der Waals surface area contributed by atoms with Crippen LogP contribution in [0.1, 0.15) is 84.4 Å². The number of hydrogen-bond donors (Lipinski definition) is 4. The summed E-state index contributed by atoms with van der Waals surface area (Å²) in [6.07, 6.45) is 2.37. The van der Waals surface area contributed by atoms with Gasteiger partial charge in [-0.1, -0.05) is 44.9 Å². The molecule has 0 aliphatic heterocycles. The molecular formula is C26H43N3O6. The Morgan fingerprint density at radius 1 is 1.14 bits per heavy atom. The Hall–Kier alpha value is -2.81. The number of carbonyl (C=O) groups is 3. The molecule has 1 rings (SSSR count). The molecule has 9 nitrogen and oxygen atoms in total. The average molecular weight is 494 g/mol. The van der Waals surface area contributed by atoms with Gasteiger partial charge in [0, 0.05) is 18.2 Å². The van der Waals surface area contributed by atoms with Crippen LogP contribution >= 0.6 is 0 Å². The fourth-order valence-corrected chi connectivity index (χ4v) is 3.61. The maximum atomic E-state index is 13.7. The highest BCUT2D eigenvalue weighted by molar-refractivity contribution is 5.92. The number of aromatic hydroxyl groups is 1. The molecule has 198 valence electrons. The SMILES string of the molecule is CCCCCNC(=O)C(c1cccc(C)c1O)N(C(=O)C(CO)NC(=O)OC(C)(C)C)C(C)CC. The summed E-state index contributed by atoms with van der Waals surface area (Å²) in [5.41, 5.74) is 0.0478. The number of hydrogen-bond acceptors (Lipinski definition) is 6. The van der Waals surface area contributed by atoms with Gasteiger partial charge < -0.3 is 30.5 Å². The van der Waals surface area contributed by atoms with E-state index in [0.717, 1.165) is 19.3 Å². The summed E-state index contributed by atoms with van der Waals surface area (Å²) in [5.74, 6) is -1.17. The zero-order valence-electron chi connectivity index (χ0n) is 22.2. The van der Waals surface area contributed by atoms with Crippen molar-refractivity contribution in [1.82, 2.24) is 15.5 Å². The molecule has 1 aromatic rings. The summed E-state index contributed by atoms with van der Waals surface area (Å²) >= 11 is 0. The van der Waals surface area contributed by atoms with Gasteiger partial charge in [-0.2, -0.15) is 0 Å². The second kappa shape index (κ2) is 13.9. The normalized spacial score (nSPS) is 13.9. The zero-order chi connectivity index (χ0) is 26.8. The summed E-state index contributed by atoms with van der Waals surface area (Å²) in [6.45, 7) is 12.2. The van der Waals surface area contributed by atoms with Crippen LogP contribution in [-0.2, 0) is 14.3 Å². The van der Waals surface area contributed by atoms with E-state index in [-0.39, 0.29) is 11.3 Å². The van der Waals surface area contributed by atoms with E-state index in [1.54, 1.807) is 52.8 Å². The highest BCUT2D eigenvalue weighted by atomic mass is 16.6. The molecule has 4 N–H and O–H groups in total. The van der Waals surface area contributed by atoms with Gasteiger partial charge in [0.25, 0.3) is 0 Å². The fourth-order valence-electron chi connectivity index (χ4n) is 3.61. The number of nitrogens with zero attached hydrogens (tertiary/aromatic N) is 1. The second-order valence-corrected chi connectivity index (χ2v) is 9.80. The first-order valence-corrected chi connectivity index (χ1v) is 12.4. The molecule has 1 aromatic carbocycles. The van der Waals surface area contributed by atoms with Crippen molar-refractivity contribution in [3.05, 3.63) is 29.3 Å². The molecule has 0 saturated heterocycles. The van der Waals surface area contributed by atoms with E-state index in [4.69, 9.17) is 4.74 Å². The van der Waals surface area contributed by atoms with E-state index in [2.05, 4.69) is 17.6 Å². The highest BCUT2D eigenvalue weighted by Gasteiger charge is 2.39. The third kappa shape index (κ3) is 9.05. The van der Waals surface area contributed by atoms with Crippen LogP contribution < -0.4 is 10.6 Å². The second-order valence-electron chi connectivity index (χ2n) is 9.80. The number of amides is 3. The zero-order valence-corrected chi connectivity index (χ0v) is 22.2. The number of alkyl carbamates (subject to hydrolysis) is 1. The van der Waals surface area contributed by atoms with E-state index in [1.165, 1.54) is 4.90 Å². The lowest BCUT2D eigenvalue weighted by Crippen LogP contribution is -2.56. The van der Waals surface area contributed by atoms with Crippen LogP contribution in [0.3, 0.4) is 0 Å². The molecule has 35 heavy (non-hydrogen) atoms. The fraction of sp³-hybridized carbons (Fsp3) is 0.654. The molecule has 0 radical (unpaired) electrons. The molecule has 3 atom stereocenters. The summed E-state index contributed by atoms with van der Waals surface area (Å²) in [6, 6.07) is 2.10. The lowest BCUT2D eigenvalue weighted by Gasteiger charge is -2.38. The van der Waals surface area contributed by atoms with Crippen LogP contribution in [0.2, 0.25) is 0 Å². The number of phenols is 1. The minimum absolute atomic E-state index is 0.0806. The molecule has 0 spiro atoms. The summed E-state index contributed by atoms with van der Waals surface area (Å²) in [4.78, 5) is 40.8. The lowest BCUT2D eigenvalue weighted by molar-refractivity contribution is -0.145. The standard InChI is InChI=1S/C26H43N3O6/c1-8-10-11-15-27-23(32)21(19-14-12-13-17(3)22(19)31)29(18(4)9-2)24(33)20(16-30)28-25(34)35-26(5,6)7/h12-14,18,20-21,30-31H,8-11,15-16H2,1-7H3,(H,27,32)(H,28,34). The first-order chi connectivity index (χ1) is 16.4. The number of rotatable bonds is 12. The van der Waals surface area contributed by atoms with Crippen molar-refractivity contribution in [2.75, 3.05) is 13.2 Å². The van der Waals surface area contributed by atoms with Crippen LogP contribution in [0.4, 0.5) is 4.79 Å². The van der Waals surface area contributed by atoms with Gasteiger partial charge in [-0.3, -0.25) is 9.59 Å². The van der Waals surface area contributed by atoms with Gasteiger partial charge in [-0.15, -0.1) is 0 Å². The Morgan fingerprint density at radius 2 is 1.80 bits per heavy atom. The molecule has 3 unspecified atom stereocenters.